The van der Waals surface area contributed by atoms with Gasteiger partial charge in [-0.3, -0.25) is 4.18 Å². The van der Waals surface area contributed by atoms with E-state index in [1.54, 1.807) is 13.8 Å². The molecule has 0 amide bonds. The van der Waals surface area contributed by atoms with Crippen molar-refractivity contribution in [2.45, 2.75) is 81.5 Å². The van der Waals surface area contributed by atoms with Gasteiger partial charge in [0.2, 0.25) is 10.4 Å². The maximum absolute atomic E-state index is 11.8. The molecule has 46 heavy (non-hydrogen) atoms. The number of ether oxygens (including phenoxy) is 6. The average Bonchev–Trinajstić information content (AvgIpc) is 3.63. The monoisotopic (exact) mass is 672 g/mol. The molecule has 3 heterocycles. The van der Waals surface area contributed by atoms with Gasteiger partial charge >= 0.3 is 0 Å². The van der Waals surface area contributed by atoms with Crippen molar-refractivity contribution in [1.29, 1.82) is 0 Å². The second-order valence-electron chi connectivity index (χ2n) is 12.1. The van der Waals surface area contributed by atoms with Gasteiger partial charge in [-0.05, 0) is 30.5 Å². The molecule has 0 radical (unpaired) electrons. The first-order valence-corrected chi connectivity index (χ1v) is 18.3. The van der Waals surface area contributed by atoms with Crippen LogP contribution < -0.4 is 0 Å². The zero-order valence-electron chi connectivity index (χ0n) is 25.8. The third-order valence-corrected chi connectivity index (χ3v) is 11.5. The smallest absolute Gasteiger partial charge is 0.218 e. The van der Waals surface area contributed by atoms with Crippen LogP contribution in [-0.2, 0) is 73.7 Å². The number of benzene rings is 3. The van der Waals surface area contributed by atoms with Gasteiger partial charge in [0.1, 0.15) is 42.0 Å². The lowest BCUT2D eigenvalue weighted by Gasteiger charge is -2.27. The predicted octanol–water partition coefficient (Wildman–Crippen LogP) is 4.10. The minimum Gasteiger partial charge on any atom is -0.726 e. The second-order valence-corrected chi connectivity index (χ2v) is 15.5. The Hall–Kier alpha value is -2.36. The Morgan fingerprint density at radius 1 is 0.804 bits per heavy atom. The molecular weight excluding hydrogens is 632 g/mol. The van der Waals surface area contributed by atoms with Crippen LogP contribution in [0.2, 0.25) is 0 Å². The summed E-state index contributed by atoms with van der Waals surface area (Å²) >= 11 is 0. The fourth-order valence-electron chi connectivity index (χ4n) is 6.15. The van der Waals surface area contributed by atoms with Gasteiger partial charge in [-0.2, -0.15) is 0 Å². The summed E-state index contributed by atoms with van der Waals surface area (Å²) < 4.78 is 78.0. The zero-order valence-corrected chi connectivity index (χ0v) is 27.5. The molecule has 6 rings (SSSR count). The molecule has 0 aliphatic carbocycles. The van der Waals surface area contributed by atoms with E-state index in [9.17, 15) is 13.0 Å². The molecule has 0 spiro atoms. The SMILES string of the molecule is CC1(C)O[C@H]2O[C@H](C[S+]3C[C@@H](OCc4ccccc4)[C@H](OCc4ccccc4)[C@H]3COCc3ccccc3)[C@H](OS(=O)(=O)[O-])[C@H]2O1. The second kappa shape index (κ2) is 14.8. The van der Waals surface area contributed by atoms with Crippen LogP contribution in [0.1, 0.15) is 30.5 Å². The first-order chi connectivity index (χ1) is 22.1. The molecule has 3 aromatic rings. The number of hydrogen-bond donors (Lipinski definition) is 0. The third kappa shape index (κ3) is 8.75. The van der Waals surface area contributed by atoms with Crippen molar-refractivity contribution in [3.8, 4) is 0 Å². The Balaban J connectivity index is 1.24. The van der Waals surface area contributed by atoms with Gasteiger partial charge in [0, 0.05) is 10.9 Å². The molecule has 1 unspecified atom stereocenters. The summed E-state index contributed by atoms with van der Waals surface area (Å²) in [5.74, 6) is 0.00571. The minimum atomic E-state index is -5.04. The molecule has 3 aliphatic rings. The van der Waals surface area contributed by atoms with Crippen LogP contribution >= 0.6 is 0 Å². The molecule has 3 fully saturated rings. The van der Waals surface area contributed by atoms with Gasteiger partial charge < -0.3 is 33.0 Å². The zero-order chi connectivity index (χ0) is 32.1. The van der Waals surface area contributed by atoms with Gasteiger partial charge in [0.05, 0.1) is 26.4 Å². The molecule has 10 nitrogen and oxygen atoms in total. The number of hydrogen-bond acceptors (Lipinski definition) is 10. The van der Waals surface area contributed by atoms with Crippen LogP contribution in [-0.4, -0.2) is 78.9 Å². The van der Waals surface area contributed by atoms with Gasteiger partial charge in [0.25, 0.3) is 0 Å². The fourth-order valence-corrected chi connectivity index (χ4v) is 9.61. The van der Waals surface area contributed by atoms with E-state index in [-0.39, 0.29) is 17.5 Å². The van der Waals surface area contributed by atoms with Gasteiger partial charge in [-0.15, -0.1) is 0 Å². The molecule has 0 N–H and O–H groups in total. The standard InChI is InChI=1S/C34H40O10S2/c1-34(2)42-32-31(44-46(35,36)37)28(41-33(32)43-34)23-45-22-27(39-19-25-14-8-4-9-15-25)30(40-20-26-16-10-5-11-17-26)29(45)21-38-18-24-12-6-3-7-13-24/h3-17,27-33H,18-23H2,1-2H3/t27-,28-,29-,30+,31+,32-,33-,45?/m1/s1. The first-order valence-electron chi connectivity index (χ1n) is 15.4. The molecule has 8 atom stereocenters. The Morgan fingerprint density at radius 3 is 1.96 bits per heavy atom. The van der Waals surface area contributed by atoms with Crippen molar-refractivity contribution < 1.29 is 45.6 Å². The third-order valence-electron chi connectivity index (χ3n) is 8.22. The van der Waals surface area contributed by atoms with Crippen LogP contribution in [0.3, 0.4) is 0 Å². The van der Waals surface area contributed by atoms with E-state index < -0.39 is 51.7 Å². The van der Waals surface area contributed by atoms with E-state index in [1.807, 2.05) is 91.0 Å². The predicted molar refractivity (Wildman–Crippen MR) is 170 cm³/mol. The summed E-state index contributed by atoms with van der Waals surface area (Å²) in [6.45, 7) is 5.02. The van der Waals surface area contributed by atoms with Crippen LogP contribution in [0.15, 0.2) is 91.0 Å². The van der Waals surface area contributed by atoms with Gasteiger partial charge in [-0.25, -0.2) is 8.42 Å². The molecule has 0 saturated carbocycles. The summed E-state index contributed by atoms with van der Waals surface area (Å²) in [5, 5.41) is -0.111. The molecule has 3 aromatic carbocycles. The molecular formula is C34H40O10S2. The normalized spacial score (nSPS) is 30.4. The Morgan fingerprint density at radius 2 is 1.37 bits per heavy atom. The lowest BCUT2D eigenvalue weighted by molar-refractivity contribution is -0.210. The highest BCUT2D eigenvalue weighted by Crippen LogP contribution is 2.41. The highest BCUT2D eigenvalue weighted by molar-refractivity contribution is 7.97. The molecule has 0 aromatic heterocycles. The summed E-state index contributed by atoms with van der Waals surface area (Å²) in [6.07, 6.45) is -4.23. The fraction of sp³-hybridized carbons (Fsp3) is 0.471. The Bertz CT molecular complexity index is 1490. The highest BCUT2D eigenvalue weighted by atomic mass is 32.3. The van der Waals surface area contributed by atoms with Gasteiger partial charge in [-0.1, -0.05) is 91.0 Å². The van der Waals surface area contributed by atoms with E-state index in [2.05, 4.69) is 0 Å². The van der Waals surface area contributed by atoms with Crippen LogP contribution in [0, 0.1) is 0 Å². The van der Waals surface area contributed by atoms with E-state index in [0.717, 1.165) is 16.7 Å². The van der Waals surface area contributed by atoms with Crippen molar-refractivity contribution in [3.63, 3.8) is 0 Å². The lowest BCUT2D eigenvalue weighted by Crippen LogP contribution is -2.44. The van der Waals surface area contributed by atoms with Crippen LogP contribution in [0.4, 0.5) is 0 Å². The summed E-state index contributed by atoms with van der Waals surface area (Å²) in [5.41, 5.74) is 3.14. The molecule has 248 valence electrons. The van der Waals surface area contributed by atoms with Crippen molar-refractivity contribution >= 4 is 21.3 Å². The van der Waals surface area contributed by atoms with Crippen molar-refractivity contribution in [1.82, 2.24) is 0 Å². The average molecular weight is 673 g/mol. The van der Waals surface area contributed by atoms with Crippen molar-refractivity contribution in [2.75, 3.05) is 18.1 Å². The van der Waals surface area contributed by atoms with E-state index in [4.69, 9.17) is 32.6 Å². The quantitative estimate of drug-likeness (QED) is 0.141. The molecule has 0 bridgehead atoms. The van der Waals surface area contributed by atoms with Crippen molar-refractivity contribution in [3.05, 3.63) is 108 Å². The Labute approximate surface area is 273 Å². The maximum Gasteiger partial charge on any atom is 0.218 e. The number of fused-ring (bicyclic) bond motifs is 1. The van der Waals surface area contributed by atoms with Crippen LogP contribution in [0.25, 0.3) is 0 Å². The molecule has 3 saturated heterocycles. The molecule has 3 aliphatic heterocycles. The first kappa shape index (κ1) is 33.5. The Kier molecular flexibility index (Phi) is 10.8. The summed E-state index contributed by atoms with van der Waals surface area (Å²) in [7, 11) is -5.50. The largest absolute Gasteiger partial charge is 0.726 e. The minimum absolute atomic E-state index is 0.111. The van der Waals surface area contributed by atoms with E-state index >= 15 is 0 Å². The maximum atomic E-state index is 11.8. The highest BCUT2D eigenvalue weighted by Gasteiger charge is 2.60. The van der Waals surface area contributed by atoms with Crippen LogP contribution in [0.5, 0.6) is 0 Å². The lowest BCUT2D eigenvalue weighted by atomic mass is 10.1. The topological polar surface area (TPSA) is 122 Å². The van der Waals surface area contributed by atoms with Gasteiger partial charge in [0.15, 0.2) is 17.3 Å². The summed E-state index contributed by atoms with van der Waals surface area (Å²) in [4.78, 5) is 0. The number of rotatable bonds is 14. The molecule has 12 heteroatoms. The van der Waals surface area contributed by atoms with E-state index in [1.165, 1.54) is 0 Å². The van der Waals surface area contributed by atoms with Crippen molar-refractivity contribution in [2.24, 2.45) is 0 Å². The van der Waals surface area contributed by atoms with E-state index in [0.29, 0.717) is 37.9 Å². The summed E-state index contributed by atoms with van der Waals surface area (Å²) in [6, 6.07) is 29.9.